The highest BCUT2D eigenvalue weighted by molar-refractivity contribution is 7.14. The highest BCUT2D eigenvalue weighted by Crippen LogP contribution is 2.23. The second-order valence-electron chi connectivity index (χ2n) is 5.55. The maximum Gasteiger partial charge on any atom is 0.225 e. The van der Waals surface area contributed by atoms with Gasteiger partial charge in [-0.05, 0) is 25.8 Å². The average Bonchev–Trinajstić information content (AvgIpc) is 2.82. The second kappa shape index (κ2) is 6.65. The lowest BCUT2D eigenvalue weighted by Crippen LogP contribution is -2.47. The minimum atomic E-state index is 0.0437. The lowest BCUT2D eigenvalue weighted by atomic mass is 9.94. The SMILES string of the molecule is CCN(C(C)=O)c1nc(CN2CCC(C)C(N)C2)cs1. The van der Waals surface area contributed by atoms with E-state index in [9.17, 15) is 4.79 Å². The molecule has 1 amide bonds. The number of carbonyl (C=O) groups excluding carboxylic acids is 1. The molecule has 1 aromatic rings. The molecule has 0 radical (unpaired) electrons. The Labute approximate surface area is 124 Å². The van der Waals surface area contributed by atoms with Crippen LogP contribution in [0.2, 0.25) is 0 Å². The molecule has 1 aromatic heterocycles. The fourth-order valence-corrected chi connectivity index (χ4v) is 3.45. The number of anilines is 1. The molecule has 6 heteroatoms. The largest absolute Gasteiger partial charge is 0.326 e. The van der Waals surface area contributed by atoms with Crippen molar-refractivity contribution in [3.8, 4) is 0 Å². The van der Waals surface area contributed by atoms with Crippen molar-refractivity contribution in [1.82, 2.24) is 9.88 Å². The number of nitrogens with zero attached hydrogens (tertiary/aromatic N) is 3. The summed E-state index contributed by atoms with van der Waals surface area (Å²) < 4.78 is 0. The van der Waals surface area contributed by atoms with E-state index in [1.165, 1.54) is 11.3 Å². The van der Waals surface area contributed by atoms with E-state index in [0.29, 0.717) is 12.5 Å². The van der Waals surface area contributed by atoms with Crippen molar-refractivity contribution in [3.05, 3.63) is 11.1 Å². The summed E-state index contributed by atoms with van der Waals surface area (Å²) in [6, 6.07) is 0.256. The standard InChI is InChI=1S/C14H24N4OS/c1-4-18(11(3)19)14-16-12(9-20-14)7-17-6-5-10(2)13(15)8-17/h9-10,13H,4-8,15H2,1-3H3. The highest BCUT2D eigenvalue weighted by Gasteiger charge is 2.23. The van der Waals surface area contributed by atoms with Gasteiger partial charge in [0.25, 0.3) is 0 Å². The summed E-state index contributed by atoms with van der Waals surface area (Å²) >= 11 is 1.54. The molecule has 2 unspecified atom stereocenters. The lowest BCUT2D eigenvalue weighted by molar-refractivity contribution is -0.116. The van der Waals surface area contributed by atoms with Gasteiger partial charge in [0.05, 0.1) is 5.69 Å². The van der Waals surface area contributed by atoms with Gasteiger partial charge >= 0.3 is 0 Å². The van der Waals surface area contributed by atoms with E-state index < -0.39 is 0 Å². The normalized spacial score (nSPS) is 23.8. The van der Waals surface area contributed by atoms with Crippen LogP contribution >= 0.6 is 11.3 Å². The summed E-state index contributed by atoms with van der Waals surface area (Å²) in [5, 5.41) is 2.84. The Balaban J connectivity index is 1.97. The molecule has 2 heterocycles. The number of likely N-dealkylation sites (tertiary alicyclic amines) is 1. The number of hydrogen-bond acceptors (Lipinski definition) is 5. The number of hydrogen-bond donors (Lipinski definition) is 1. The first-order chi connectivity index (χ1) is 9.51. The molecule has 20 heavy (non-hydrogen) atoms. The maximum atomic E-state index is 11.5. The zero-order valence-corrected chi connectivity index (χ0v) is 13.3. The Kier molecular flexibility index (Phi) is 5.12. The predicted molar refractivity (Wildman–Crippen MR) is 82.8 cm³/mol. The van der Waals surface area contributed by atoms with Crippen LogP contribution in [0.5, 0.6) is 0 Å². The first-order valence-corrected chi connectivity index (χ1v) is 8.09. The molecule has 5 nitrogen and oxygen atoms in total. The van der Waals surface area contributed by atoms with Gasteiger partial charge in [-0.25, -0.2) is 4.98 Å². The molecule has 112 valence electrons. The molecule has 2 N–H and O–H groups in total. The van der Waals surface area contributed by atoms with Gasteiger partial charge in [0, 0.05) is 38.0 Å². The van der Waals surface area contributed by atoms with Gasteiger partial charge in [0.15, 0.2) is 5.13 Å². The van der Waals surface area contributed by atoms with Gasteiger partial charge in [0.2, 0.25) is 5.91 Å². The average molecular weight is 296 g/mol. The summed E-state index contributed by atoms with van der Waals surface area (Å²) in [6.07, 6.45) is 1.15. The number of aromatic nitrogens is 1. The topological polar surface area (TPSA) is 62.5 Å². The minimum Gasteiger partial charge on any atom is -0.326 e. The van der Waals surface area contributed by atoms with E-state index >= 15 is 0 Å². The van der Waals surface area contributed by atoms with E-state index in [4.69, 9.17) is 5.73 Å². The molecule has 0 aromatic carbocycles. The van der Waals surface area contributed by atoms with Crippen molar-refractivity contribution in [2.45, 2.75) is 39.8 Å². The minimum absolute atomic E-state index is 0.0437. The van der Waals surface area contributed by atoms with Crippen molar-refractivity contribution < 1.29 is 4.79 Å². The second-order valence-corrected chi connectivity index (χ2v) is 6.39. The van der Waals surface area contributed by atoms with Crippen molar-refractivity contribution >= 4 is 22.4 Å². The van der Waals surface area contributed by atoms with Crippen LogP contribution in [0.3, 0.4) is 0 Å². The Morgan fingerprint density at radius 3 is 3.00 bits per heavy atom. The molecule has 1 fully saturated rings. The fraction of sp³-hybridized carbons (Fsp3) is 0.714. The summed E-state index contributed by atoms with van der Waals surface area (Å²) in [6.45, 7) is 9.25. The molecular weight excluding hydrogens is 272 g/mol. The van der Waals surface area contributed by atoms with Crippen LogP contribution in [0.25, 0.3) is 0 Å². The van der Waals surface area contributed by atoms with Gasteiger partial charge < -0.3 is 5.73 Å². The van der Waals surface area contributed by atoms with Gasteiger partial charge in [-0.2, -0.15) is 0 Å². The third-order valence-corrected chi connectivity index (χ3v) is 4.87. The van der Waals surface area contributed by atoms with Crippen LogP contribution in [-0.2, 0) is 11.3 Å². The Hall–Kier alpha value is -0.980. The number of carbonyl (C=O) groups is 1. The van der Waals surface area contributed by atoms with E-state index in [0.717, 1.165) is 36.9 Å². The van der Waals surface area contributed by atoms with Gasteiger partial charge in [-0.3, -0.25) is 14.6 Å². The van der Waals surface area contributed by atoms with Crippen LogP contribution in [0.1, 0.15) is 32.9 Å². The summed E-state index contributed by atoms with van der Waals surface area (Å²) in [4.78, 5) is 20.2. The zero-order valence-electron chi connectivity index (χ0n) is 12.5. The van der Waals surface area contributed by atoms with Crippen LogP contribution in [0.4, 0.5) is 5.13 Å². The monoisotopic (exact) mass is 296 g/mol. The smallest absolute Gasteiger partial charge is 0.225 e. The molecule has 1 saturated heterocycles. The summed E-state index contributed by atoms with van der Waals surface area (Å²) in [7, 11) is 0. The molecule has 0 saturated carbocycles. The Morgan fingerprint density at radius 2 is 2.40 bits per heavy atom. The van der Waals surface area contributed by atoms with Gasteiger partial charge in [-0.1, -0.05) is 6.92 Å². The van der Waals surface area contributed by atoms with Gasteiger partial charge in [-0.15, -0.1) is 11.3 Å². The Bertz CT molecular complexity index is 462. The molecule has 1 aliphatic heterocycles. The quantitative estimate of drug-likeness (QED) is 0.918. The fourth-order valence-electron chi connectivity index (χ4n) is 2.53. The van der Waals surface area contributed by atoms with Crippen LogP contribution in [-0.4, -0.2) is 41.5 Å². The highest BCUT2D eigenvalue weighted by atomic mass is 32.1. The van der Waals surface area contributed by atoms with Crippen LogP contribution < -0.4 is 10.6 Å². The van der Waals surface area contributed by atoms with Gasteiger partial charge in [0.1, 0.15) is 0 Å². The zero-order chi connectivity index (χ0) is 14.7. The first kappa shape index (κ1) is 15.4. The molecule has 0 bridgehead atoms. The van der Waals surface area contributed by atoms with Crippen LogP contribution in [0.15, 0.2) is 5.38 Å². The molecule has 0 spiro atoms. The number of rotatable bonds is 4. The lowest BCUT2D eigenvalue weighted by Gasteiger charge is -2.34. The number of thiazole rings is 1. The molecule has 1 aliphatic rings. The molecular formula is C14H24N4OS. The third-order valence-electron chi connectivity index (χ3n) is 3.95. The van der Waals surface area contributed by atoms with Crippen molar-refractivity contribution in [3.63, 3.8) is 0 Å². The van der Waals surface area contributed by atoms with Crippen molar-refractivity contribution in [2.24, 2.45) is 11.7 Å². The number of piperidine rings is 1. The van der Waals surface area contributed by atoms with E-state index in [1.807, 2.05) is 12.3 Å². The van der Waals surface area contributed by atoms with E-state index in [2.05, 4.69) is 16.8 Å². The van der Waals surface area contributed by atoms with Crippen molar-refractivity contribution in [1.29, 1.82) is 0 Å². The number of amides is 1. The molecule has 2 rings (SSSR count). The third kappa shape index (κ3) is 3.56. The Morgan fingerprint density at radius 1 is 1.65 bits per heavy atom. The number of nitrogens with two attached hydrogens (primary N) is 1. The maximum absolute atomic E-state index is 11.5. The van der Waals surface area contributed by atoms with Crippen molar-refractivity contribution in [2.75, 3.05) is 24.5 Å². The summed E-state index contributed by atoms with van der Waals surface area (Å²) in [5.41, 5.74) is 7.16. The predicted octanol–water partition coefficient (Wildman–Crippen LogP) is 1.68. The van der Waals surface area contributed by atoms with E-state index in [-0.39, 0.29) is 11.9 Å². The van der Waals surface area contributed by atoms with E-state index in [1.54, 1.807) is 11.8 Å². The molecule has 0 aliphatic carbocycles. The first-order valence-electron chi connectivity index (χ1n) is 7.21. The van der Waals surface area contributed by atoms with Crippen LogP contribution in [0, 0.1) is 5.92 Å². The molecule has 2 atom stereocenters. The summed E-state index contributed by atoms with van der Waals surface area (Å²) in [5.74, 6) is 0.646.